The Bertz CT molecular complexity index is 2050. The fraction of sp³-hybridized carbons (Fsp3) is 0.0645. The van der Waals surface area contributed by atoms with Crippen molar-refractivity contribution in [1.29, 1.82) is 0 Å². The number of aromatic nitrogens is 2. The molecule has 0 aliphatic carbocycles. The molecule has 2 heterocycles. The summed E-state index contributed by atoms with van der Waals surface area (Å²) in [4.78, 5) is 29.7. The molecule has 0 amide bonds. The molecule has 6 rings (SSSR count). The van der Waals surface area contributed by atoms with Gasteiger partial charge in [-0.2, -0.15) is 9.78 Å². The van der Waals surface area contributed by atoms with Gasteiger partial charge in [0.25, 0.3) is 5.56 Å². The van der Waals surface area contributed by atoms with E-state index in [1.54, 1.807) is 54.6 Å². The van der Waals surface area contributed by atoms with E-state index in [-0.39, 0.29) is 29.6 Å². The maximum atomic E-state index is 13.6. The van der Waals surface area contributed by atoms with Crippen LogP contribution in [0.15, 0.2) is 105 Å². The fourth-order valence-electron chi connectivity index (χ4n) is 4.48. The predicted molar refractivity (Wildman–Crippen MR) is 160 cm³/mol. The molecule has 0 aliphatic rings. The Balaban J connectivity index is 1.45. The number of rotatable bonds is 8. The van der Waals surface area contributed by atoms with Gasteiger partial charge >= 0.3 is 5.69 Å². The number of ether oxygens (including phenoxy) is 2. The number of benzene rings is 4. The first-order valence-corrected chi connectivity index (χ1v) is 13.1. The van der Waals surface area contributed by atoms with Crippen LogP contribution in [-0.4, -0.2) is 27.9 Å². The zero-order chi connectivity index (χ0) is 29.2. The number of hydrogen-bond acceptors (Lipinski definition) is 8. The van der Waals surface area contributed by atoms with Crippen molar-refractivity contribution in [3.63, 3.8) is 0 Å². The van der Waals surface area contributed by atoms with Crippen LogP contribution in [0.3, 0.4) is 0 Å². The van der Waals surface area contributed by atoms with Gasteiger partial charge in [0.05, 0.1) is 29.2 Å². The van der Waals surface area contributed by atoms with Crippen LogP contribution in [-0.2, 0) is 6.61 Å². The fourth-order valence-corrected chi connectivity index (χ4v) is 4.66. The zero-order valence-electron chi connectivity index (χ0n) is 22.1. The maximum Gasteiger partial charge on any atom is 0.315 e. The molecule has 0 N–H and O–H groups in total. The Hall–Kier alpha value is -5.48. The molecule has 0 unspecified atom stereocenters. The third-order valence-electron chi connectivity index (χ3n) is 6.47. The lowest BCUT2D eigenvalue weighted by Crippen LogP contribution is -2.20. The van der Waals surface area contributed by atoms with E-state index in [4.69, 9.17) is 25.5 Å². The highest BCUT2D eigenvalue weighted by molar-refractivity contribution is 6.31. The van der Waals surface area contributed by atoms with E-state index in [0.717, 1.165) is 15.6 Å². The van der Waals surface area contributed by atoms with E-state index in [9.17, 15) is 14.9 Å². The number of nitro groups is 1. The molecule has 0 aliphatic heterocycles. The second kappa shape index (κ2) is 11.2. The topological polar surface area (TPSA) is 122 Å². The summed E-state index contributed by atoms with van der Waals surface area (Å²) < 4.78 is 18.3. The summed E-state index contributed by atoms with van der Waals surface area (Å²) in [5.41, 5.74) is 1.38. The van der Waals surface area contributed by atoms with Crippen LogP contribution in [0.2, 0.25) is 5.02 Å². The van der Waals surface area contributed by atoms with Gasteiger partial charge in [0.2, 0.25) is 11.6 Å². The van der Waals surface area contributed by atoms with Crippen LogP contribution in [0.4, 0.5) is 5.69 Å². The molecule has 0 saturated heterocycles. The number of para-hydroxylation sites is 1. The summed E-state index contributed by atoms with van der Waals surface area (Å²) in [7, 11) is 1.39. The number of methoxy groups -OCH3 is 1. The minimum atomic E-state index is -0.561. The Kier molecular flexibility index (Phi) is 7.12. The lowest BCUT2D eigenvalue weighted by molar-refractivity contribution is -0.386. The number of fused-ring (bicyclic) bond motifs is 2. The Morgan fingerprint density at radius 1 is 1.05 bits per heavy atom. The molecular formula is C31H21ClN4O6. The van der Waals surface area contributed by atoms with Crippen LogP contribution < -0.4 is 15.0 Å². The van der Waals surface area contributed by atoms with Gasteiger partial charge in [-0.25, -0.2) is 4.98 Å². The van der Waals surface area contributed by atoms with Crippen LogP contribution in [0.25, 0.3) is 33.5 Å². The Morgan fingerprint density at radius 2 is 1.83 bits per heavy atom. The standard InChI is InChI=1S/C31H21ClN4O6/c1-40-27-14-20(13-25(36(38)39)29(27)41-18-19-7-3-2-4-8-19)17-33-35-30(34-24-10-6-5-9-23(24)31(35)37)28-16-21-15-22(32)11-12-26(21)42-28/h2-17H,18H2,1H3. The molecule has 2 aromatic heterocycles. The van der Waals surface area contributed by atoms with Gasteiger partial charge in [0.15, 0.2) is 11.5 Å². The highest BCUT2D eigenvalue weighted by atomic mass is 35.5. The van der Waals surface area contributed by atoms with Gasteiger partial charge in [-0.1, -0.05) is 54.1 Å². The van der Waals surface area contributed by atoms with Crippen molar-refractivity contribution in [3.05, 3.63) is 128 Å². The largest absolute Gasteiger partial charge is 0.493 e. The highest BCUT2D eigenvalue weighted by Gasteiger charge is 2.23. The van der Waals surface area contributed by atoms with Crippen molar-refractivity contribution in [2.75, 3.05) is 7.11 Å². The van der Waals surface area contributed by atoms with Crippen LogP contribution in [0.1, 0.15) is 11.1 Å². The summed E-state index contributed by atoms with van der Waals surface area (Å²) in [5.74, 6) is 0.557. The second-order valence-corrected chi connectivity index (χ2v) is 9.65. The van der Waals surface area contributed by atoms with Crippen LogP contribution >= 0.6 is 11.6 Å². The van der Waals surface area contributed by atoms with Crippen molar-refractivity contribution < 1.29 is 18.8 Å². The number of hydrogen-bond donors (Lipinski definition) is 0. The molecule has 0 atom stereocenters. The van der Waals surface area contributed by atoms with Crippen molar-refractivity contribution in [2.24, 2.45) is 5.10 Å². The lowest BCUT2D eigenvalue weighted by Gasteiger charge is -2.12. The molecule has 0 fully saturated rings. The molecule has 0 bridgehead atoms. The highest BCUT2D eigenvalue weighted by Crippen LogP contribution is 2.38. The number of halogens is 1. The third-order valence-corrected chi connectivity index (χ3v) is 6.71. The smallest absolute Gasteiger partial charge is 0.315 e. The first-order chi connectivity index (χ1) is 20.4. The number of furan rings is 1. The van der Waals surface area contributed by atoms with Crippen molar-refractivity contribution in [1.82, 2.24) is 9.66 Å². The van der Waals surface area contributed by atoms with E-state index in [0.29, 0.717) is 32.8 Å². The monoisotopic (exact) mass is 580 g/mol. The quantitative estimate of drug-likeness (QED) is 0.110. The first kappa shape index (κ1) is 26.7. The van der Waals surface area contributed by atoms with Crippen molar-refractivity contribution in [3.8, 4) is 23.1 Å². The average molecular weight is 581 g/mol. The Morgan fingerprint density at radius 3 is 2.62 bits per heavy atom. The Labute approximate surface area is 243 Å². The second-order valence-electron chi connectivity index (χ2n) is 9.21. The molecule has 0 radical (unpaired) electrons. The average Bonchev–Trinajstić information content (AvgIpc) is 3.43. The molecular weight excluding hydrogens is 560 g/mol. The van der Waals surface area contributed by atoms with Gasteiger partial charge in [0, 0.05) is 22.0 Å². The summed E-state index contributed by atoms with van der Waals surface area (Å²) in [5, 5.41) is 18.0. The van der Waals surface area contributed by atoms with Crippen LogP contribution in [0, 0.1) is 10.1 Å². The van der Waals surface area contributed by atoms with Crippen molar-refractivity contribution >= 4 is 45.4 Å². The molecule has 11 heteroatoms. The minimum Gasteiger partial charge on any atom is -0.493 e. The number of nitro benzene ring substituents is 1. The van der Waals surface area contributed by atoms with E-state index in [2.05, 4.69) is 10.1 Å². The summed E-state index contributed by atoms with van der Waals surface area (Å²) in [6.07, 6.45) is 1.32. The summed E-state index contributed by atoms with van der Waals surface area (Å²) >= 11 is 6.14. The molecule has 0 saturated carbocycles. The number of nitrogens with zero attached hydrogens (tertiary/aromatic N) is 4. The molecule has 4 aromatic carbocycles. The van der Waals surface area contributed by atoms with Gasteiger partial charge in [-0.3, -0.25) is 14.9 Å². The molecule has 6 aromatic rings. The molecule has 0 spiro atoms. The van der Waals surface area contributed by atoms with Gasteiger partial charge < -0.3 is 13.9 Å². The first-order valence-electron chi connectivity index (χ1n) is 12.7. The van der Waals surface area contributed by atoms with Crippen LogP contribution in [0.5, 0.6) is 11.5 Å². The normalized spacial score (nSPS) is 11.4. The van der Waals surface area contributed by atoms with Gasteiger partial charge in [-0.05, 0) is 48.0 Å². The summed E-state index contributed by atoms with van der Waals surface area (Å²) in [6, 6.07) is 25.9. The minimum absolute atomic E-state index is 0.0188. The third kappa shape index (κ3) is 5.18. The van der Waals surface area contributed by atoms with E-state index < -0.39 is 10.5 Å². The van der Waals surface area contributed by atoms with Gasteiger partial charge in [-0.15, -0.1) is 0 Å². The predicted octanol–water partition coefficient (Wildman–Crippen LogP) is 6.84. The summed E-state index contributed by atoms with van der Waals surface area (Å²) in [6.45, 7) is 0.107. The molecule has 208 valence electrons. The molecule has 42 heavy (non-hydrogen) atoms. The van der Waals surface area contributed by atoms with E-state index in [1.165, 1.54) is 19.4 Å². The SMILES string of the molecule is COc1cc(C=Nn2c(-c3cc4cc(Cl)ccc4o3)nc3ccccc3c2=O)cc([N+](=O)[O-])c1OCc1ccccc1. The molecule has 10 nitrogen and oxygen atoms in total. The van der Waals surface area contributed by atoms with Gasteiger partial charge in [0.1, 0.15) is 12.2 Å². The zero-order valence-corrected chi connectivity index (χ0v) is 22.8. The lowest BCUT2D eigenvalue weighted by atomic mass is 10.1. The maximum absolute atomic E-state index is 13.6. The van der Waals surface area contributed by atoms with Crippen molar-refractivity contribution in [2.45, 2.75) is 6.61 Å². The van der Waals surface area contributed by atoms with E-state index >= 15 is 0 Å². The van der Waals surface area contributed by atoms with E-state index in [1.807, 2.05) is 30.3 Å².